The smallest absolute Gasteiger partial charge is 0.439 e. The summed E-state index contributed by atoms with van der Waals surface area (Å²) in [5.74, 6) is 1.48. The highest BCUT2D eigenvalue weighted by molar-refractivity contribution is 6.61. The van der Waals surface area contributed by atoms with Crippen LogP contribution in [0, 0.1) is 6.57 Å². The predicted molar refractivity (Wildman–Crippen MR) is 79.0 cm³/mol. The van der Waals surface area contributed by atoms with E-state index in [4.69, 9.17) is 16.0 Å². The highest BCUT2D eigenvalue weighted by atomic mass is 16.5. The number of pyridine rings is 1. The summed E-state index contributed by atoms with van der Waals surface area (Å²) in [6.07, 6.45) is 0. The summed E-state index contributed by atoms with van der Waals surface area (Å²) in [6.45, 7) is 7.41. The van der Waals surface area contributed by atoms with Gasteiger partial charge in [0, 0.05) is 7.05 Å². The van der Waals surface area contributed by atoms with Gasteiger partial charge in [-0.25, -0.2) is 9.83 Å². The molecule has 2 N–H and O–H groups in total. The van der Waals surface area contributed by atoms with Crippen LogP contribution in [-0.4, -0.2) is 24.2 Å². The molecule has 0 fully saturated rings. The van der Waals surface area contributed by atoms with Gasteiger partial charge in [-0.1, -0.05) is 6.07 Å². The van der Waals surface area contributed by atoms with Crippen LogP contribution in [0.2, 0.25) is 0 Å². The molecule has 0 atom stereocenters. The van der Waals surface area contributed by atoms with E-state index in [1.54, 1.807) is 31.3 Å². The summed E-state index contributed by atoms with van der Waals surface area (Å²) in [7, 11) is 0.843. The predicted octanol–water partition coefficient (Wildman–Crippen LogP) is 1.68. The number of ether oxygens (including phenoxy) is 1. The van der Waals surface area contributed by atoms with Crippen LogP contribution in [-0.2, 0) is 11.3 Å². The number of aromatic nitrogens is 1. The van der Waals surface area contributed by atoms with Gasteiger partial charge in [0.15, 0.2) is 0 Å². The number of anilines is 1. The second kappa shape index (κ2) is 5.44. The first kappa shape index (κ1) is 13.4. The maximum absolute atomic E-state index is 9.58. The first-order chi connectivity index (χ1) is 10.2. The average Bonchev–Trinajstić information content (AvgIpc) is 2.88. The van der Waals surface area contributed by atoms with Crippen molar-refractivity contribution in [1.82, 2.24) is 4.98 Å². The van der Waals surface area contributed by atoms with Gasteiger partial charge in [-0.05, 0) is 35.3 Å². The van der Waals surface area contributed by atoms with Crippen molar-refractivity contribution in [3.05, 3.63) is 47.3 Å². The zero-order valence-electron chi connectivity index (χ0n) is 11.3. The highest BCUT2D eigenvalue weighted by Gasteiger charge is 2.27. The molecule has 3 rings (SSSR count). The number of hydrogen-bond donors (Lipinski definition) is 2. The molecule has 0 unspecified atom stereocenters. The monoisotopic (exact) mass is 281 g/mol. The minimum absolute atomic E-state index is 0.361. The fourth-order valence-electron chi connectivity index (χ4n) is 2.16. The van der Waals surface area contributed by atoms with Gasteiger partial charge in [0.2, 0.25) is 11.6 Å². The van der Waals surface area contributed by atoms with Crippen LogP contribution in [0.5, 0.6) is 11.6 Å². The van der Waals surface area contributed by atoms with Gasteiger partial charge in [0.1, 0.15) is 11.6 Å². The van der Waals surface area contributed by atoms with E-state index in [9.17, 15) is 5.02 Å². The van der Waals surface area contributed by atoms with Crippen molar-refractivity contribution in [2.24, 2.45) is 0 Å². The third-order valence-electron chi connectivity index (χ3n) is 3.21. The first-order valence-corrected chi connectivity index (χ1v) is 6.38. The van der Waals surface area contributed by atoms with Gasteiger partial charge in [-0.15, -0.1) is 0 Å². The lowest BCUT2D eigenvalue weighted by Crippen LogP contribution is -2.27. The maximum Gasteiger partial charge on any atom is 0.491 e. The third kappa shape index (κ3) is 2.54. The molecule has 1 aliphatic rings. The Bertz CT molecular complexity index is 730. The molecule has 1 aromatic carbocycles. The summed E-state index contributed by atoms with van der Waals surface area (Å²) in [4.78, 5) is 7.61. The molecule has 0 radical (unpaired) electrons. The molecule has 1 aliphatic heterocycles. The minimum atomic E-state index is -0.860. The fraction of sp³-hybridized carbons (Fsp3) is 0.143. The molecule has 2 aromatic rings. The zero-order valence-corrected chi connectivity index (χ0v) is 11.3. The van der Waals surface area contributed by atoms with E-state index in [1.807, 2.05) is 6.07 Å². The molecule has 2 heterocycles. The van der Waals surface area contributed by atoms with Gasteiger partial charge < -0.3 is 19.7 Å². The number of nitrogens with one attached hydrogen (secondary N) is 1. The van der Waals surface area contributed by atoms with E-state index in [1.165, 1.54) is 0 Å². The molecule has 1 aromatic heterocycles. The van der Waals surface area contributed by atoms with Crippen LogP contribution in [0.25, 0.3) is 4.85 Å². The summed E-state index contributed by atoms with van der Waals surface area (Å²) in [6, 6.07) is 8.64. The van der Waals surface area contributed by atoms with Gasteiger partial charge in [0.25, 0.3) is 0 Å². The lowest BCUT2D eigenvalue weighted by molar-refractivity contribution is 0.275. The van der Waals surface area contributed by atoms with Crippen LogP contribution in [0.4, 0.5) is 11.5 Å². The van der Waals surface area contributed by atoms with Crippen molar-refractivity contribution >= 4 is 24.1 Å². The van der Waals surface area contributed by atoms with Crippen molar-refractivity contribution in [1.29, 1.82) is 0 Å². The van der Waals surface area contributed by atoms with Gasteiger partial charge in [-0.3, -0.25) is 0 Å². The Morgan fingerprint density at radius 2 is 2.29 bits per heavy atom. The van der Waals surface area contributed by atoms with Crippen LogP contribution in [0.3, 0.4) is 0 Å². The molecule has 0 bridgehead atoms. The standard InChI is InChI=1S/C14H12BN3O3/c1-16-12-5-6-13(18-14(12)17-2)21-10-3-4-11-9(7-10)8-20-15(11)19/h3-7,19H,8H2,2H3,(H,17,18). The van der Waals surface area contributed by atoms with Crippen LogP contribution < -0.4 is 15.5 Å². The van der Waals surface area contributed by atoms with E-state index < -0.39 is 7.12 Å². The first-order valence-electron chi connectivity index (χ1n) is 6.38. The van der Waals surface area contributed by atoms with Crippen molar-refractivity contribution in [3.63, 3.8) is 0 Å². The molecular weight excluding hydrogens is 269 g/mol. The Hall–Kier alpha value is -2.56. The summed E-state index contributed by atoms with van der Waals surface area (Å²) in [5, 5.41) is 12.4. The quantitative estimate of drug-likeness (QED) is 0.662. The third-order valence-corrected chi connectivity index (χ3v) is 3.21. The molecule has 6 nitrogen and oxygen atoms in total. The topological polar surface area (TPSA) is 68.0 Å². The van der Waals surface area contributed by atoms with E-state index in [0.29, 0.717) is 29.7 Å². The van der Waals surface area contributed by atoms with Gasteiger partial charge in [-0.2, -0.15) is 0 Å². The Morgan fingerprint density at radius 3 is 3.05 bits per heavy atom. The van der Waals surface area contributed by atoms with Crippen LogP contribution >= 0.6 is 0 Å². The SMILES string of the molecule is [C-]#[N+]c1ccc(Oc2ccc3c(c2)COB3O)nc1NC. The Kier molecular flexibility index (Phi) is 3.48. The second-order valence-corrected chi connectivity index (χ2v) is 4.51. The Morgan fingerprint density at radius 1 is 1.43 bits per heavy atom. The fourth-order valence-corrected chi connectivity index (χ4v) is 2.16. The Labute approximate surface area is 122 Å². The number of rotatable bonds is 3. The minimum Gasteiger partial charge on any atom is -0.439 e. The average molecular weight is 281 g/mol. The Balaban J connectivity index is 1.86. The lowest BCUT2D eigenvalue weighted by Gasteiger charge is -2.09. The largest absolute Gasteiger partial charge is 0.491 e. The van der Waals surface area contributed by atoms with Crippen LogP contribution in [0.1, 0.15) is 5.56 Å². The molecule has 104 valence electrons. The molecule has 0 spiro atoms. The van der Waals surface area contributed by atoms with E-state index >= 15 is 0 Å². The molecule has 0 amide bonds. The molecule has 0 saturated heterocycles. The van der Waals surface area contributed by atoms with Crippen LogP contribution in [0.15, 0.2) is 30.3 Å². The maximum atomic E-state index is 9.58. The number of hydrogen-bond acceptors (Lipinski definition) is 5. The van der Waals surface area contributed by atoms with Gasteiger partial charge >= 0.3 is 7.12 Å². The molecule has 0 saturated carbocycles. The van der Waals surface area contributed by atoms with Crippen molar-refractivity contribution < 1.29 is 14.4 Å². The highest BCUT2D eigenvalue weighted by Crippen LogP contribution is 2.28. The normalized spacial score (nSPS) is 12.7. The number of benzene rings is 1. The van der Waals surface area contributed by atoms with E-state index in [0.717, 1.165) is 11.0 Å². The van der Waals surface area contributed by atoms with E-state index in [2.05, 4.69) is 15.1 Å². The molecule has 7 heteroatoms. The number of nitrogens with zero attached hydrogens (tertiary/aromatic N) is 2. The van der Waals surface area contributed by atoms with Crippen molar-refractivity contribution in [3.8, 4) is 11.6 Å². The van der Waals surface area contributed by atoms with Gasteiger partial charge in [0.05, 0.1) is 13.2 Å². The molecule has 0 aliphatic carbocycles. The number of fused-ring (bicyclic) bond motifs is 1. The van der Waals surface area contributed by atoms with Crippen molar-refractivity contribution in [2.45, 2.75) is 6.61 Å². The molecule has 21 heavy (non-hydrogen) atoms. The summed E-state index contributed by atoms with van der Waals surface area (Å²) >= 11 is 0. The molecular formula is C14H12BN3O3. The van der Waals surface area contributed by atoms with Crippen molar-refractivity contribution in [2.75, 3.05) is 12.4 Å². The summed E-state index contributed by atoms with van der Waals surface area (Å²) < 4.78 is 10.8. The zero-order chi connectivity index (χ0) is 14.8. The summed E-state index contributed by atoms with van der Waals surface area (Å²) in [5.41, 5.74) is 2.09. The second-order valence-electron chi connectivity index (χ2n) is 4.51. The van der Waals surface area contributed by atoms with E-state index in [-0.39, 0.29) is 0 Å². The lowest BCUT2D eigenvalue weighted by atomic mass is 9.80.